The second-order valence-corrected chi connectivity index (χ2v) is 8.57. The molecule has 1 aromatic heterocycles. The molecule has 1 atom stereocenters. The molecule has 0 bridgehead atoms. The molecule has 1 saturated heterocycles. The van der Waals surface area contributed by atoms with Gasteiger partial charge in [-0.3, -0.25) is 0 Å². The molecule has 9 heteroatoms. The van der Waals surface area contributed by atoms with Crippen LogP contribution >= 0.6 is 11.8 Å². The fourth-order valence-electron chi connectivity index (χ4n) is 3.36. The van der Waals surface area contributed by atoms with Gasteiger partial charge in [0, 0.05) is 34.4 Å². The number of carbonyl (C=O) groups is 1. The number of carbonyl (C=O) groups excluding carboxylic acids is 1. The predicted molar refractivity (Wildman–Crippen MR) is 108 cm³/mol. The minimum Gasteiger partial charge on any atom is -0.444 e. The van der Waals surface area contributed by atoms with Crippen molar-refractivity contribution >= 4 is 23.7 Å². The summed E-state index contributed by atoms with van der Waals surface area (Å²) in [7, 11) is 0. The maximum absolute atomic E-state index is 12.6. The average Bonchev–Trinajstić information content (AvgIpc) is 2.66. The van der Waals surface area contributed by atoms with E-state index in [0.29, 0.717) is 49.3 Å². The molecular formula is C19H28N6O2S. The van der Waals surface area contributed by atoms with Crippen molar-refractivity contribution in [2.24, 2.45) is 0 Å². The van der Waals surface area contributed by atoms with E-state index in [-0.39, 0.29) is 12.5 Å². The molecule has 8 nitrogen and oxygen atoms in total. The first kappa shape index (κ1) is 18.0. The summed E-state index contributed by atoms with van der Waals surface area (Å²) in [6.45, 7) is 5.59. The van der Waals surface area contributed by atoms with E-state index in [1.807, 2.05) is 31.9 Å². The van der Waals surface area contributed by atoms with Crippen molar-refractivity contribution in [2.45, 2.75) is 56.9 Å². The summed E-state index contributed by atoms with van der Waals surface area (Å²) in [5.41, 5.74) is 0.552. The Morgan fingerprint density at radius 3 is 2.93 bits per heavy atom. The van der Waals surface area contributed by atoms with Crippen LogP contribution in [0.5, 0.6) is 0 Å². The largest absolute Gasteiger partial charge is 0.444 e. The van der Waals surface area contributed by atoms with Crippen LogP contribution in [0.1, 0.15) is 41.2 Å². The summed E-state index contributed by atoms with van der Waals surface area (Å²) in [4.78, 5) is 25.4. The lowest BCUT2D eigenvalue weighted by atomic mass is 10.0. The Balaban J connectivity index is 1.91. The number of nitrogens with zero attached hydrogens (tertiary/aromatic N) is 5. The summed E-state index contributed by atoms with van der Waals surface area (Å²) in [5, 5.41) is 12.7. The molecule has 1 fully saturated rings. The number of nitrogens with one attached hydrogen (secondary N) is 1. The van der Waals surface area contributed by atoms with Crippen LogP contribution in [0.4, 0.5) is 10.6 Å². The summed E-state index contributed by atoms with van der Waals surface area (Å²) < 4.78 is 22.1. The Labute approximate surface area is 173 Å². The molecule has 0 saturated carbocycles. The third-order valence-electron chi connectivity index (χ3n) is 4.59. The number of thioether (sulfide) groups is 1. The van der Waals surface area contributed by atoms with Crippen molar-refractivity contribution in [3.8, 4) is 6.07 Å². The number of piperazine rings is 1. The highest BCUT2D eigenvalue weighted by Crippen LogP contribution is 2.29. The molecule has 1 unspecified atom stereocenters. The number of nitriles is 1. The molecule has 2 aliphatic heterocycles. The van der Waals surface area contributed by atoms with Gasteiger partial charge in [-0.05, 0) is 40.0 Å². The first-order valence-corrected chi connectivity index (χ1v) is 10.6. The van der Waals surface area contributed by atoms with Crippen LogP contribution in [0.3, 0.4) is 0 Å². The third-order valence-corrected chi connectivity index (χ3v) is 5.14. The van der Waals surface area contributed by atoms with Gasteiger partial charge in [0.05, 0.1) is 24.2 Å². The van der Waals surface area contributed by atoms with Crippen molar-refractivity contribution in [3.63, 3.8) is 0 Å². The molecule has 152 valence electrons. The SMILES string of the molecule is [2H]C1([2H])NCCc2c(N3CCN(C(=O)OC(C)(C)C)C(CC#N)C3)nc(SC)nc21. The van der Waals surface area contributed by atoms with Crippen LogP contribution in [0.15, 0.2) is 5.16 Å². The van der Waals surface area contributed by atoms with E-state index < -0.39 is 18.2 Å². The molecule has 0 radical (unpaired) electrons. The van der Waals surface area contributed by atoms with Crippen molar-refractivity contribution < 1.29 is 12.3 Å². The molecule has 3 rings (SSSR count). The lowest BCUT2D eigenvalue weighted by Gasteiger charge is -2.42. The van der Waals surface area contributed by atoms with E-state index in [1.54, 1.807) is 4.90 Å². The van der Waals surface area contributed by atoms with Gasteiger partial charge >= 0.3 is 6.09 Å². The van der Waals surface area contributed by atoms with Gasteiger partial charge in [-0.2, -0.15) is 5.26 Å². The standard InChI is InChI=1S/C19H28N6O2S/c1-19(2,3)27-18(26)25-10-9-24(12-13(25)5-7-20)16-14-6-8-21-11-15(14)22-17(23-16)28-4/h13,21H,5-6,8-12H2,1-4H3/i11D2. The number of ether oxygens (including phenoxy) is 1. The van der Waals surface area contributed by atoms with Crippen LogP contribution in [0.2, 0.25) is 0 Å². The molecule has 0 spiro atoms. The molecule has 1 aromatic rings. The Kier molecular flexibility index (Phi) is 5.49. The summed E-state index contributed by atoms with van der Waals surface area (Å²) >= 11 is 1.36. The lowest BCUT2D eigenvalue weighted by molar-refractivity contribution is 0.0144. The second-order valence-electron chi connectivity index (χ2n) is 7.80. The Hall–Kier alpha value is -2.05. The monoisotopic (exact) mass is 406 g/mol. The van der Waals surface area contributed by atoms with Crippen LogP contribution in [-0.4, -0.2) is 65.0 Å². The van der Waals surface area contributed by atoms with Crippen LogP contribution in [-0.2, 0) is 17.7 Å². The van der Waals surface area contributed by atoms with Gasteiger partial charge in [-0.25, -0.2) is 14.8 Å². The van der Waals surface area contributed by atoms with Crippen molar-refractivity contribution in [1.29, 1.82) is 5.26 Å². The fourth-order valence-corrected chi connectivity index (χ4v) is 3.72. The third kappa shape index (κ3) is 4.67. The lowest BCUT2D eigenvalue weighted by Crippen LogP contribution is -2.56. The predicted octanol–water partition coefficient (Wildman–Crippen LogP) is 2.18. The number of amides is 1. The topological polar surface area (TPSA) is 94.4 Å². The molecule has 2 aliphatic rings. The molecular weight excluding hydrogens is 376 g/mol. The number of fused-ring (bicyclic) bond motifs is 1. The van der Waals surface area contributed by atoms with Crippen molar-refractivity contribution in [1.82, 2.24) is 20.2 Å². The smallest absolute Gasteiger partial charge is 0.410 e. The zero-order chi connectivity index (χ0) is 22.1. The van der Waals surface area contributed by atoms with Crippen LogP contribution in [0, 0.1) is 11.3 Å². The van der Waals surface area contributed by atoms with Gasteiger partial charge in [0.1, 0.15) is 11.4 Å². The first-order chi connectivity index (χ1) is 14.1. The van der Waals surface area contributed by atoms with Gasteiger partial charge in [0.2, 0.25) is 0 Å². The minimum atomic E-state index is -1.72. The summed E-state index contributed by atoms with van der Waals surface area (Å²) in [6, 6.07) is 1.84. The molecule has 1 amide bonds. The summed E-state index contributed by atoms with van der Waals surface area (Å²) in [6.07, 6.45) is 2.24. The molecule has 0 aliphatic carbocycles. The van der Waals surface area contributed by atoms with Gasteiger partial charge in [0.15, 0.2) is 5.16 Å². The van der Waals surface area contributed by atoms with Gasteiger partial charge in [-0.15, -0.1) is 0 Å². The van der Waals surface area contributed by atoms with Crippen LogP contribution in [0.25, 0.3) is 0 Å². The van der Waals surface area contributed by atoms with Gasteiger partial charge in [0.25, 0.3) is 0 Å². The highest BCUT2D eigenvalue weighted by molar-refractivity contribution is 7.98. The fraction of sp³-hybridized carbons (Fsp3) is 0.684. The summed E-state index contributed by atoms with van der Waals surface area (Å²) in [5.74, 6) is 0.696. The molecule has 3 heterocycles. The highest BCUT2D eigenvalue weighted by atomic mass is 32.2. The quantitative estimate of drug-likeness (QED) is 0.603. The Morgan fingerprint density at radius 2 is 2.25 bits per heavy atom. The van der Waals surface area contributed by atoms with Crippen LogP contribution < -0.4 is 10.2 Å². The van der Waals surface area contributed by atoms with E-state index in [4.69, 9.17) is 7.48 Å². The first-order valence-electron chi connectivity index (χ1n) is 10.4. The van der Waals surface area contributed by atoms with E-state index in [0.717, 1.165) is 5.56 Å². The van der Waals surface area contributed by atoms with E-state index in [9.17, 15) is 10.1 Å². The average molecular weight is 407 g/mol. The Bertz CT molecular complexity index is 855. The number of rotatable bonds is 3. The maximum atomic E-state index is 12.6. The van der Waals surface area contributed by atoms with Crippen molar-refractivity contribution in [3.05, 3.63) is 11.3 Å². The minimum absolute atomic E-state index is 0.181. The van der Waals surface area contributed by atoms with E-state index >= 15 is 0 Å². The zero-order valence-electron chi connectivity index (χ0n) is 18.8. The van der Waals surface area contributed by atoms with E-state index in [2.05, 4.69) is 21.4 Å². The Morgan fingerprint density at radius 1 is 1.46 bits per heavy atom. The number of hydrogen-bond acceptors (Lipinski definition) is 8. The normalized spacial score (nSPS) is 22.6. The number of hydrogen-bond donors (Lipinski definition) is 1. The van der Waals surface area contributed by atoms with E-state index in [1.165, 1.54) is 11.8 Å². The second kappa shape index (κ2) is 8.53. The molecule has 0 aromatic carbocycles. The molecule has 1 N–H and O–H groups in total. The maximum Gasteiger partial charge on any atom is 0.410 e. The number of aromatic nitrogens is 2. The zero-order valence-corrected chi connectivity index (χ0v) is 17.6. The molecule has 28 heavy (non-hydrogen) atoms. The van der Waals surface area contributed by atoms with Gasteiger partial charge < -0.3 is 19.9 Å². The number of anilines is 1. The highest BCUT2D eigenvalue weighted by Gasteiger charge is 2.35. The van der Waals surface area contributed by atoms with Crippen molar-refractivity contribution in [2.75, 3.05) is 37.3 Å². The van der Waals surface area contributed by atoms with Gasteiger partial charge in [-0.1, -0.05) is 11.8 Å².